The predicted octanol–water partition coefficient (Wildman–Crippen LogP) is 2.74. The zero-order valence-electron chi connectivity index (χ0n) is 16.2. The Morgan fingerprint density at radius 1 is 1.17 bits per heavy atom. The van der Waals surface area contributed by atoms with Crippen molar-refractivity contribution in [2.75, 3.05) is 31.8 Å². The number of methoxy groups -OCH3 is 1. The smallest absolute Gasteiger partial charge is 0.453 e. The molecule has 0 fully saturated rings. The van der Waals surface area contributed by atoms with Gasteiger partial charge in [-0.2, -0.15) is 0 Å². The number of aromatic nitrogens is 1. The Morgan fingerprint density at radius 2 is 1.90 bits per heavy atom. The average molecular weight is 402 g/mol. The average Bonchev–Trinajstić information content (AvgIpc) is 2.68. The molecule has 154 valence electrons. The fourth-order valence-electron chi connectivity index (χ4n) is 2.10. The van der Waals surface area contributed by atoms with Crippen LogP contribution in [-0.4, -0.2) is 44.0 Å². The van der Waals surface area contributed by atoms with E-state index in [1.165, 1.54) is 14.0 Å². The minimum atomic E-state index is -0.897. The highest BCUT2D eigenvalue weighted by Gasteiger charge is 2.13. The number of nitrogens with zero attached hydrogens (tertiary/aromatic N) is 3. The molecule has 0 spiro atoms. The number of amides is 1. The Labute approximate surface area is 167 Å². The fraction of sp³-hybridized carbons (Fsp3) is 0.278. The van der Waals surface area contributed by atoms with E-state index in [9.17, 15) is 9.59 Å². The summed E-state index contributed by atoms with van der Waals surface area (Å²) in [5.74, 6) is 0.495. The molecule has 4 N–H and O–H groups in total. The van der Waals surface area contributed by atoms with E-state index in [1.807, 2.05) is 0 Å². The van der Waals surface area contributed by atoms with Crippen LogP contribution in [0.4, 0.5) is 27.8 Å². The van der Waals surface area contributed by atoms with E-state index in [0.29, 0.717) is 22.9 Å². The number of hydrogen-bond donors (Lipinski definition) is 3. The van der Waals surface area contributed by atoms with Crippen molar-refractivity contribution in [3.63, 3.8) is 0 Å². The first-order valence-corrected chi connectivity index (χ1v) is 8.56. The van der Waals surface area contributed by atoms with Crippen molar-refractivity contribution in [3.8, 4) is 5.75 Å². The molecule has 0 aliphatic rings. The number of anilines is 2. The van der Waals surface area contributed by atoms with Gasteiger partial charge < -0.3 is 30.6 Å². The van der Waals surface area contributed by atoms with E-state index < -0.39 is 12.4 Å². The molecule has 1 amide bonds. The third-order valence-electron chi connectivity index (χ3n) is 3.36. The van der Waals surface area contributed by atoms with Crippen LogP contribution in [-0.2, 0) is 14.3 Å². The van der Waals surface area contributed by atoms with Gasteiger partial charge in [-0.05, 0) is 31.3 Å². The number of benzene rings is 1. The zero-order chi connectivity index (χ0) is 21.2. The van der Waals surface area contributed by atoms with E-state index in [4.69, 9.17) is 15.2 Å². The predicted molar refractivity (Wildman–Crippen MR) is 105 cm³/mol. The van der Waals surface area contributed by atoms with Crippen molar-refractivity contribution in [2.24, 2.45) is 10.2 Å². The van der Waals surface area contributed by atoms with Crippen molar-refractivity contribution >= 4 is 35.1 Å². The van der Waals surface area contributed by atoms with Gasteiger partial charge in [-0.3, -0.25) is 4.79 Å². The van der Waals surface area contributed by atoms with Gasteiger partial charge in [0.2, 0.25) is 12.2 Å². The Hall–Kier alpha value is -3.73. The second-order valence-corrected chi connectivity index (χ2v) is 5.60. The lowest BCUT2D eigenvalue weighted by Gasteiger charge is -2.15. The quantitative estimate of drug-likeness (QED) is 0.346. The summed E-state index contributed by atoms with van der Waals surface area (Å²) in [6.07, 6.45) is -1.76. The number of likely N-dealkylation sites (N-methyl/N-ethyl adjacent to an activating group) is 1. The van der Waals surface area contributed by atoms with E-state index in [2.05, 4.69) is 30.6 Å². The summed E-state index contributed by atoms with van der Waals surface area (Å²) in [7, 11) is 2.86. The number of nitrogens with one attached hydrogen (secondary N) is 2. The first kappa shape index (κ1) is 21.6. The number of carbonyl (C=O) groups excluding carboxylic acids is 2. The normalized spacial score (nSPS) is 11.7. The second kappa shape index (κ2) is 10.6. The number of azo groups is 1. The van der Waals surface area contributed by atoms with Gasteiger partial charge in [0.15, 0.2) is 11.6 Å². The molecule has 0 saturated carbocycles. The van der Waals surface area contributed by atoms with Gasteiger partial charge in [0, 0.05) is 6.92 Å². The van der Waals surface area contributed by atoms with Gasteiger partial charge >= 0.3 is 6.16 Å². The maximum absolute atomic E-state index is 11.6. The molecule has 1 aromatic heterocycles. The van der Waals surface area contributed by atoms with Crippen LogP contribution in [0.3, 0.4) is 0 Å². The first-order chi connectivity index (χ1) is 13.9. The number of rotatable bonds is 8. The molecule has 2 rings (SSSR count). The Morgan fingerprint density at radius 3 is 2.59 bits per heavy atom. The van der Waals surface area contributed by atoms with Crippen LogP contribution in [0.25, 0.3) is 0 Å². The lowest BCUT2D eigenvalue weighted by molar-refractivity contribution is -0.115. The molecular weight excluding hydrogens is 380 g/mol. The summed E-state index contributed by atoms with van der Waals surface area (Å²) in [5, 5.41) is 13.5. The highest BCUT2D eigenvalue weighted by atomic mass is 16.8. The summed E-state index contributed by atoms with van der Waals surface area (Å²) in [5.41, 5.74) is 6.59. The monoisotopic (exact) mass is 402 g/mol. The Bertz CT molecular complexity index is 889. The number of pyridine rings is 1. The van der Waals surface area contributed by atoms with E-state index in [-0.39, 0.29) is 18.3 Å². The molecule has 1 heterocycles. The van der Waals surface area contributed by atoms with Crippen LogP contribution < -0.4 is 21.1 Å². The highest BCUT2D eigenvalue weighted by Crippen LogP contribution is 2.31. The van der Waals surface area contributed by atoms with Gasteiger partial charge in [-0.1, -0.05) is 12.1 Å². The van der Waals surface area contributed by atoms with Crippen LogP contribution >= 0.6 is 0 Å². The van der Waals surface area contributed by atoms with Crippen molar-refractivity contribution in [3.05, 3.63) is 36.4 Å². The van der Waals surface area contributed by atoms with Gasteiger partial charge in [-0.15, -0.1) is 10.2 Å². The van der Waals surface area contributed by atoms with Crippen LogP contribution in [0.5, 0.6) is 5.75 Å². The number of ether oxygens (including phenoxy) is 3. The lowest BCUT2D eigenvalue weighted by atomic mass is 10.3. The van der Waals surface area contributed by atoms with Crippen molar-refractivity contribution in [1.82, 2.24) is 10.3 Å². The Kier molecular flexibility index (Phi) is 7.86. The fourth-order valence-corrected chi connectivity index (χ4v) is 2.10. The van der Waals surface area contributed by atoms with Gasteiger partial charge in [0.25, 0.3) is 0 Å². The molecular formula is C18H22N6O5. The van der Waals surface area contributed by atoms with Gasteiger partial charge in [-0.25, -0.2) is 9.78 Å². The van der Waals surface area contributed by atoms with Gasteiger partial charge in [0.1, 0.15) is 17.2 Å². The number of para-hydroxylation sites is 1. The van der Waals surface area contributed by atoms with E-state index in [0.717, 1.165) is 0 Å². The highest BCUT2D eigenvalue weighted by molar-refractivity contribution is 5.91. The molecule has 0 radical (unpaired) electrons. The molecule has 0 aliphatic carbocycles. The summed E-state index contributed by atoms with van der Waals surface area (Å²) in [4.78, 5) is 26.8. The van der Waals surface area contributed by atoms with Crippen molar-refractivity contribution < 1.29 is 23.8 Å². The maximum Gasteiger partial charge on any atom is 0.511 e. The molecule has 0 saturated heterocycles. The maximum atomic E-state index is 11.6. The lowest BCUT2D eigenvalue weighted by Crippen LogP contribution is -2.25. The molecule has 11 heteroatoms. The molecule has 2 aromatic rings. The zero-order valence-corrected chi connectivity index (χ0v) is 16.2. The van der Waals surface area contributed by atoms with Crippen LogP contribution in [0.1, 0.15) is 6.92 Å². The Balaban J connectivity index is 2.11. The number of nitrogen functional groups attached to an aromatic ring is 1. The topological polar surface area (TPSA) is 150 Å². The molecule has 1 unspecified atom stereocenters. The molecule has 0 aliphatic heterocycles. The number of carbonyl (C=O) groups is 2. The number of nitrogens with two attached hydrogens (primary N) is 1. The SMILES string of the molecule is CNCC(=O)Nc1ccc(/N=N/c2ccccc2OC(C)OC(=O)OC)c(N)n1. The van der Waals surface area contributed by atoms with Crippen LogP contribution in [0, 0.1) is 0 Å². The third kappa shape index (κ3) is 6.74. The summed E-state index contributed by atoms with van der Waals surface area (Å²) >= 11 is 0. The molecule has 0 bridgehead atoms. The number of hydrogen-bond acceptors (Lipinski definition) is 10. The minimum Gasteiger partial charge on any atom is -0.453 e. The van der Waals surface area contributed by atoms with E-state index >= 15 is 0 Å². The summed E-state index contributed by atoms with van der Waals surface area (Å²) in [6.45, 7) is 1.69. The van der Waals surface area contributed by atoms with Crippen molar-refractivity contribution in [1.29, 1.82) is 0 Å². The molecule has 1 aromatic carbocycles. The molecule has 1 atom stereocenters. The molecule has 29 heavy (non-hydrogen) atoms. The van der Waals surface area contributed by atoms with Crippen LogP contribution in [0.15, 0.2) is 46.6 Å². The largest absolute Gasteiger partial charge is 0.511 e. The summed E-state index contributed by atoms with van der Waals surface area (Å²) in [6, 6.07) is 9.93. The van der Waals surface area contributed by atoms with Gasteiger partial charge in [0.05, 0.1) is 13.7 Å². The van der Waals surface area contributed by atoms with Crippen LogP contribution in [0.2, 0.25) is 0 Å². The standard InChI is InChI=1S/C18H22N6O5/c1-11(29-18(26)27-3)28-14-7-5-4-6-12(14)23-24-13-8-9-15(22-17(13)19)21-16(25)10-20-2/h4-9,11,20H,10H2,1-3H3,(H3,19,21,22,25)/b24-23+. The third-order valence-corrected chi connectivity index (χ3v) is 3.36. The summed E-state index contributed by atoms with van der Waals surface area (Å²) < 4.78 is 14.8. The van der Waals surface area contributed by atoms with Crippen molar-refractivity contribution in [2.45, 2.75) is 13.2 Å². The first-order valence-electron chi connectivity index (χ1n) is 8.56. The minimum absolute atomic E-state index is 0.0943. The second-order valence-electron chi connectivity index (χ2n) is 5.60. The van der Waals surface area contributed by atoms with E-state index in [1.54, 1.807) is 43.4 Å². The molecule has 11 nitrogen and oxygen atoms in total.